The monoisotopic (exact) mass is 136 g/mol. The molecule has 0 saturated heterocycles. The highest BCUT2D eigenvalue weighted by Crippen LogP contribution is 2.64. The normalized spacial score (nSPS) is 48.0. The summed E-state index contributed by atoms with van der Waals surface area (Å²) < 4.78 is 0. The lowest BCUT2D eigenvalue weighted by Crippen LogP contribution is -2.18. The van der Waals surface area contributed by atoms with Crippen molar-refractivity contribution >= 4 is 0 Å². The smallest absolute Gasteiger partial charge is 0.0269 e. The van der Waals surface area contributed by atoms with Gasteiger partial charge in [0.2, 0.25) is 0 Å². The molecule has 3 aliphatic rings. The molecule has 0 nitrogen and oxygen atoms in total. The maximum absolute atomic E-state index is 1.61. The summed E-state index contributed by atoms with van der Waals surface area (Å²) in [5, 5.41) is 0. The van der Waals surface area contributed by atoms with Gasteiger partial charge in [-0.1, -0.05) is 6.42 Å². The number of hydrogen-bond donors (Lipinski definition) is 0. The van der Waals surface area contributed by atoms with Gasteiger partial charge < -0.3 is 0 Å². The van der Waals surface area contributed by atoms with Crippen LogP contribution < -0.4 is 0 Å². The molecule has 0 amide bonds. The van der Waals surface area contributed by atoms with Crippen LogP contribution in [-0.2, 0) is 0 Å². The first-order valence-electron chi connectivity index (χ1n) is 4.89. The Morgan fingerprint density at radius 1 is 0.900 bits per heavy atom. The summed E-state index contributed by atoms with van der Waals surface area (Å²) in [7, 11) is 0. The molecule has 2 atom stereocenters. The standard InChI is InChI=1S/C10H16/c1-2-9-7-8(1)3-4-10(9)5-6-10/h8-9H,1-7H2. The molecule has 10 heavy (non-hydrogen) atoms. The summed E-state index contributed by atoms with van der Waals surface area (Å²) in [6.07, 6.45) is 11.1. The Hall–Kier alpha value is 0. The van der Waals surface area contributed by atoms with Crippen LogP contribution in [0.15, 0.2) is 0 Å². The molecule has 0 heteroatoms. The van der Waals surface area contributed by atoms with Crippen molar-refractivity contribution in [3.05, 3.63) is 0 Å². The molecule has 0 aromatic rings. The van der Waals surface area contributed by atoms with Crippen molar-refractivity contribution in [1.82, 2.24) is 0 Å². The molecule has 0 radical (unpaired) electrons. The topological polar surface area (TPSA) is 0 Å². The molecule has 0 aromatic carbocycles. The first-order valence-corrected chi connectivity index (χ1v) is 4.89. The maximum Gasteiger partial charge on any atom is -0.0269 e. The Morgan fingerprint density at radius 3 is 2.60 bits per heavy atom. The highest BCUT2D eigenvalue weighted by molar-refractivity contribution is 5.04. The number of fused-ring (bicyclic) bond motifs is 3. The van der Waals surface area contributed by atoms with Crippen molar-refractivity contribution in [2.45, 2.75) is 44.9 Å². The van der Waals surface area contributed by atoms with Crippen LogP contribution in [-0.4, -0.2) is 0 Å². The highest BCUT2D eigenvalue weighted by Gasteiger charge is 2.53. The molecule has 3 saturated carbocycles. The zero-order valence-electron chi connectivity index (χ0n) is 6.60. The fraction of sp³-hybridized carbons (Fsp3) is 1.00. The molecule has 2 bridgehead atoms. The van der Waals surface area contributed by atoms with Crippen molar-refractivity contribution < 1.29 is 0 Å². The quantitative estimate of drug-likeness (QED) is 0.480. The third-order valence-corrected chi connectivity index (χ3v) is 4.35. The van der Waals surface area contributed by atoms with E-state index in [1.807, 2.05) is 0 Å². The van der Waals surface area contributed by atoms with Gasteiger partial charge in [0.25, 0.3) is 0 Å². The second-order valence-corrected chi connectivity index (χ2v) is 4.78. The van der Waals surface area contributed by atoms with Gasteiger partial charge in [0.1, 0.15) is 0 Å². The Kier molecular flexibility index (Phi) is 0.898. The van der Waals surface area contributed by atoms with E-state index >= 15 is 0 Å². The second-order valence-electron chi connectivity index (χ2n) is 4.78. The fourth-order valence-electron chi connectivity index (χ4n) is 3.41. The molecule has 1 spiro atoms. The Balaban J connectivity index is 1.89. The third kappa shape index (κ3) is 0.580. The van der Waals surface area contributed by atoms with Crippen molar-refractivity contribution in [2.75, 3.05) is 0 Å². The van der Waals surface area contributed by atoms with Crippen molar-refractivity contribution in [3.63, 3.8) is 0 Å². The number of rotatable bonds is 0. The summed E-state index contributed by atoms with van der Waals surface area (Å²) in [5.41, 5.74) is 0.938. The summed E-state index contributed by atoms with van der Waals surface area (Å²) >= 11 is 0. The minimum absolute atomic E-state index is 0.938. The van der Waals surface area contributed by atoms with Gasteiger partial charge in [-0.3, -0.25) is 0 Å². The van der Waals surface area contributed by atoms with Gasteiger partial charge in [-0.15, -0.1) is 0 Å². The zero-order chi connectivity index (χ0) is 6.60. The molecule has 0 heterocycles. The largest absolute Gasteiger partial charge is 0.0502 e. The Bertz CT molecular complexity index is 155. The van der Waals surface area contributed by atoms with Crippen molar-refractivity contribution in [1.29, 1.82) is 0 Å². The molecular weight excluding hydrogens is 120 g/mol. The van der Waals surface area contributed by atoms with Crippen LogP contribution in [0.5, 0.6) is 0 Å². The molecule has 3 rings (SSSR count). The van der Waals surface area contributed by atoms with Crippen LogP contribution in [0.3, 0.4) is 0 Å². The van der Waals surface area contributed by atoms with Gasteiger partial charge in [0.05, 0.1) is 0 Å². The van der Waals surface area contributed by atoms with Gasteiger partial charge in [0.15, 0.2) is 0 Å². The average Bonchev–Trinajstić information content (AvgIpc) is 2.63. The van der Waals surface area contributed by atoms with Crippen molar-refractivity contribution in [3.8, 4) is 0 Å². The van der Waals surface area contributed by atoms with E-state index in [1.54, 1.807) is 44.9 Å². The van der Waals surface area contributed by atoms with Crippen LogP contribution in [0, 0.1) is 17.3 Å². The predicted octanol–water partition coefficient (Wildman–Crippen LogP) is 2.98. The third-order valence-electron chi connectivity index (χ3n) is 4.35. The van der Waals surface area contributed by atoms with E-state index in [0.717, 1.165) is 11.3 Å². The van der Waals surface area contributed by atoms with E-state index in [-0.39, 0.29) is 0 Å². The maximum atomic E-state index is 1.61. The Morgan fingerprint density at radius 2 is 1.80 bits per heavy atom. The average molecular weight is 136 g/mol. The summed E-state index contributed by atoms with van der Waals surface area (Å²) in [6, 6.07) is 0. The Labute approximate surface area is 63.0 Å². The van der Waals surface area contributed by atoms with Crippen LogP contribution in [0.25, 0.3) is 0 Å². The fourth-order valence-corrected chi connectivity index (χ4v) is 3.41. The molecule has 56 valence electrons. The van der Waals surface area contributed by atoms with Gasteiger partial charge >= 0.3 is 0 Å². The van der Waals surface area contributed by atoms with E-state index < -0.39 is 0 Å². The lowest BCUT2D eigenvalue weighted by Gasteiger charge is -2.28. The number of hydrogen-bond acceptors (Lipinski definition) is 0. The minimum atomic E-state index is 0.938. The SMILES string of the molecule is C1CC2CC1CCC21CC1. The van der Waals surface area contributed by atoms with Crippen molar-refractivity contribution in [2.24, 2.45) is 17.3 Å². The summed E-state index contributed by atoms with van der Waals surface area (Å²) in [5.74, 6) is 2.35. The minimum Gasteiger partial charge on any atom is -0.0502 e. The van der Waals surface area contributed by atoms with E-state index in [4.69, 9.17) is 0 Å². The van der Waals surface area contributed by atoms with Gasteiger partial charge in [-0.25, -0.2) is 0 Å². The first kappa shape index (κ1) is 5.62. The van der Waals surface area contributed by atoms with Crippen LogP contribution in [0.1, 0.15) is 44.9 Å². The zero-order valence-corrected chi connectivity index (χ0v) is 6.60. The molecule has 3 aliphatic carbocycles. The predicted molar refractivity (Wildman–Crippen MR) is 41.7 cm³/mol. The molecule has 0 aromatic heterocycles. The second kappa shape index (κ2) is 1.60. The molecular formula is C10H16. The van der Waals surface area contributed by atoms with Crippen LogP contribution in [0.2, 0.25) is 0 Å². The van der Waals surface area contributed by atoms with E-state index in [2.05, 4.69) is 0 Å². The van der Waals surface area contributed by atoms with Gasteiger partial charge in [-0.2, -0.15) is 0 Å². The van der Waals surface area contributed by atoms with Crippen LogP contribution >= 0.6 is 0 Å². The van der Waals surface area contributed by atoms with E-state index in [9.17, 15) is 0 Å². The summed E-state index contributed by atoms with van der Waals surface area (Å²) in [4.78, 5) is 0. The van der Waals surface area contributed by atoms with Gasteiger partial charge in [0, 0.05) is 0 Å². The highest BCUT2D eigenvalue weighted by atomic mass is 14.6. The lowest BCUT2D eigenvalue weighted by atomic mass is 9.77. The molecule has 3 fully saturated rings. The van der Waals surface area contributed by atoms with Crippen LogP contribution in [0.4, 0.5) is 0 Å². The molecule has 2 unspecified atom stereocenters. The van der Waals surface area contributed by atoms with E-state index in [0.29, 0.717) is 0 Å². The molecule has 0 aliphatic heterocycles. The lowest BCUT2D eigenvalue weighted by molar-refractivity contribution is 0.223. The van der Waals surface area contributed by atoms with E-state index in [1.165, 1.54) is 5.92 Å². The first-order chi connectivity index (χ1) is 4.89. The summed E-state index contributed by atoms with van der Waals surface area (Å²) in [6.45, 7) is 0. The van der Waals surface area contributed by atoms with Gasteiger partial charge in [-0.05, 0) is 55.8 Å². The molecule has 0 N–H and O–H groups in total.